The van der Waals surface area contributed by atoms with E-state index in [1.807, 2.05) is 84.9 Å². The van der Waals surface area contributed by atoms with Crippen LogP contribution in [0.25, 0.3) is 27.2 Å². The largest absolute Gasteiger partial charge is 0.497 e. The van der Waals surface area contributed by atoms with Gasteiger partial charge in [0.15, 0.2) is 60.9 Å². The van der Waals surface area contributed by atoms with Crippen LogP contribution in [0.15, 0.2) is 165 Å². The molecule has 0 bridgehead atoms. The summed E-state index contributed by atoms with van der Waals surface area (Å²) >= 11 is 6.46. The minimum absolute atomic E-state index is 0.104. The minimum Gasteiger partial charge on any atom is -0.497 e. The van der Waals surface area contributed by atoms with Crippen molar-refractivity contribution < 1.29 is 55.7 Å². The fourth-order valence-electron chi connectivity index (χ4n) is 10.8. The zero-order valence-electron chi connectivity index (χ0n) is 51.3. The molecule has 2 N–H and O–H groups in total. The molecule has 0 saturated carbocycles. The Balaban J connectivity index is 0.983. The highest BCUT2D eigenvalue weighted by Crippen LogP contribution is 2.56. The van der Waals surface area contributed by atoms with Crippen molar-refractivity contribution in [2.45, 2.75) is 94.5 Å². The van der Waals surface area contributed by atoms with Crippen LogP contribution in [0, 0.1) is 12.5 Å². The highest BCUT2D eigenvalue weighted by Gasteiger charge is 2.55. The van der Waals surface area contributed by atoms with Crippen molar-refractivity contribution in [1.29, 1.82) is 0 Å². The van der Waals surface area contributed by atoms with E-state index in [0.29, 0.717) is 28.3 Å². The van der Waals surface area contributed by atoms with Crippen molar-refractivity contribution in [2.75, 3.05) is 51.2 Å². The van der Waals surface area contributed by atoms with Crippen LogP contribution < -0.4 is 20.1 Å². The fourth-order valence-corrected chi connectivity index (χ4v) is 14.2. The molecule has 9 aromatic rings. The van der Waals surface area contributed by atoms with Gasteiger partial charge in [0, 0.05) is 17.0 Å². The van der Waals surface area contributed by atoms with Gasteiger partial charge in [-0.25, -0.2) is 40.9 Å². The normalized spacial score (nSPS) is 20.9. The van der Waals surface area contributed by atoms with Gasteiger partial charge in [-0.3, -0.25) is 23.2 Å². The lowest BCUT2D eigenvalue weighted by molar-refractivity contribution is -0.0936. The van der Waals surface area contributed by atoms with Gasteiger partial charge in [0.25, 0.3) is 11.8 Å². The van der Waals surface area contributed by atoms with Gasteiger partial charge in [0.1, 0.15) is 54.7 Å². The number of hydrogen-bond donors (Lipinski definition) is 2. The first-order valence-corrected chi connectivity index (χ1v) is 34.9. The average Bonchev–Trinajstić information content (AvgIpc) is 1.77. The summed E-state index contributed by atoms with van der Waals surface area (Å²) in [6, 6.07) is 42.4. The first-order chi connectivity index (χ1) is 43.8. The summed E-state index contributed by atoms with van der Waals surface area (Å²) in [6.45, 7) is 15.0. The number of rotatable bonds is 24. The summed E-state index contributed by atoms with van der Waals surface area (Å²) in [5, 5.41) is 5.31. The van der Waals surface area contributed by atoms with Crippen molar-refractivity contribution in [3.8, 4) is 11.5 Å². The molecule has 6 heterocycles. The quantitative estimate of drug-likeness (QED) is 0.0188. The van der Waals surface area contributed by atoms with Crippen LogP contribution >= 0.6 is 6.72 Å². The maximum atomic E-state index is 16.9. The van der Waals surface area contributed by atoms with Gasteiger partial charge in [-0.05, 0) is 95.2 Å². The molecule has 2 saturated heterocycles. The average molecular weight is 1290 g/mol. The number of nitrogens with zero attached hydrogens (tertiary/aromatic N) is 9. The van der Waals surface area contributed by atoms with E-state index in [1.165, 1.54) is 23.5 Å². The number of fused-ring (bicyclic) bond motifs is 2. The predicted octanol–water partition coefficient (Wildman–Crippen LogP) is 11.9. The van der Waals surface area contributed by atoms with E-state index < -0.39 is 86.5 Å². The first kappa shape index (κ1) is 64.3. The summed E-state index contributed by atoms with van der Waals surface area (Å²) in [7, 11) is 0.302. The van der Waals surface area contributed by atoms with E-state index in [0.717, 1.165) is 16.7 Å². The van der Waals surface area contributed by atoms with E-state index in [1.54, 1.807) is 86.6 Å². The Bertz CT molecular complexity index is 4040. The van der Waals surface area contributed by atoms with Gasteiger partial charge in [0.05, 0.1) is 46.2 Å². The molecule has 5 aromatic carbocycles. The Hall–Kier alpha value is -8.25. The maximum Gasteiger partial charge on any atom is 0.327 e. The fraction of sp³-hybridized carbons (Fsp3) is 0.338. The van der Waals surface area contributed by atoms with Crippen molar-refractivity contribution in [1.82, 2.24) is 39.0 Å². The molecular weight excluding hydrogens is 1220 g/mol. The van der Waals surface area contributed by atoms with E-state index in [-0.39, 0.29) is 54.7 Å². The van der Waals surface area contributed by atoms with Crippen LogP contribution in [0.2, 0.25) is 18.1 Å². The second-order valence-corrected chi connectivity index (χ2v) is 31.1. The summed E-state index contributed by atoms with van der Waals surface area (Å²) in [5.41, 5.74) is 2.70. The topological polar surface area (TPSA) is 233 Å². The van der Waals surface area contributed by atoms with Crippen molar-refractivity contribution in [3.63, 3.8) is 0 Å². The van der Waals surface area contributed by atoms with Crippen molar-refractivity contribution in [3.05, 3.63) is 204 Å². The van der Waals surface area contributed by atoms with Crippen molar-refractivity contribution in [2.24, 2.45) is 5.92 Å². The molecule has 91 heavy (non-hydrogen) atoms. The third-order valence-electron chi connectivity index (χ3n) is 16.7. The molecule has 0 spiro atoms. The van der Waals surface area contributed by atoms with Crippen LogP contribution in [-0.4, -0.2) is 130 Å². The summed E-state index contributed by atoms with van der Waals surface area (Å²) in [5.74, 6) is -0.0811. The van der Waals surface area contributed by atoms with E-state index in [4.69, 9.17) is 70.0 Å². The zero-order chi connectivity index (χ0) is 64.1. The third-order valence-corrected chi connectivity index (χ3v) is 23.6. The van der Waals surface area contributed by atoms with E-state index >= 15 is 4.39 Å². The minimum atomic E-state index is -4.12. The molecule has 4 aromatic heterocycles. The Kier molecular flexibility index (Phi) is 19.3. The lowest BCUT2D eigenvalue weighted by atomic mass is 9.80. The number of aromatic nitrogens is 8. The zero-order valence-corrected chi connectivity index (χ0v) is 54.0. The van der Waals surface area contributed by atoms with Gasteiger partial charge in [-0.1, -0.05) is 119 Å². The number of benzene rings is 5. The number of carbonyl (C=O) groups is 2. The lowest BCUT2D eigenvalue weighted by Crippen LogP contribution is -2.49. The van der Waals surface area contributed by atoms with Gasteiger partial charge in [-0.15, -0.1) is 0 Å². The number of hydrogen-bond acceptors (Lipinski definition) is 18. The van der Waals surface area contributed by atoms with Gasteiger partial charge in [0.2, 0.25) is 6.54 Å². The number of nitrogens with one attached hydrogen (secondary N) is 2. The third kappa shape index (κ3) is 13.4. The van der Waals surface area contributed by atoms with Gasteiger partial charge in [-0.2, -0.15) is 0 Å². The maximum absolute atomic E-state index is 16.9. The first-order valence-electron chi connectivity index (χ1n) is 29.4. The Labute approximate surface area is 532 Å². The standard InChI is InChI=1S/C65H69FN11O11PSSi/c1-41-49(85-62(51(41)66)76-39-72-52-56(68-37-70-58(52)76)74-60(78)42-19-13-10-14-20-42)36-84-89(90,83-34-33-67-5)87-54-50(35-82-65(44-23-17-12-18-24-44,45-25-29-47(80-6)30-26-45)46-27-31-48(81-7)32-28-46)86-63(55(54)88-91(8,9)64(2,3)4)77-40-73-53-57(69-38-71-59(53)77)75-61(79)43-21-15-11-16-22-43/h10-32,37-41,49-51,54-55,62-63H,33-36H2,1-4,6-9H3,(H,68,70,74,78)(H,69,71,75,79)/t41?,49-,50-,51+,54?,55+,62-,63-,89?/m1/s1. The second kappa shape index (κ2) is 27.3. The number of carbonyl (C=O) groups excluding carboxylic acids is 2. The van der Waals surface area contributed by atoms with E-state index in [2.05, 4.69) is 69.3 Å². The molecule has 2 fully saturated rings. The van der Waals surface area contributed by atoms with Crippen LogP contribution in [0.4, 0.5) is 16.0 Å². The SMILES string of the molecule is [C-]#[N+]CCOP(=S)(OC[C@H]1O[C@@H](n2cnc3c(NC(=O)c4ccccc4)ncnc32)[C@@H](F)C1C)OC1[C@@H](COC(c2ccccc2)(c2ccc(OC)cc2)c2ccc(OC)cc2)O[C@@H](n2cnc3c(NC(=O)c4ccccc4)ncnc32)[C@H]1O[Si](C)(C)C(C)(C)C. The molecule has 9 atom stereocenters. The lowest BCUT2D eigenvalue weighted by Gasteiger charge is -2.41. The van der Waals surface area contributed by atoms with Crippen LogP contribution in [0.3, 0.4) is 0 Å². The smallest absolute Gasteiger partial charge is 0.327 e. The number of alkyl halides is 1. The second-order valence-electron chi connectivity index (χ2n) is 23.4. The van der Waals surface area contributed by atoms with Crippen LogP contribution in [0.5, 0.6) is 11.5 Å². The molecule has 11 rings (SSSR count). The number of halogens is 1. The monoisotopic (exact) mass is 1290 g/mol. The molecule has 2 aliphatic heterocycles. The number of amides is 2. The summed E-state index contributed by atoms with van der Waals surface area (Å²) in [4.78, 5) is 57.6. The summed E-state index contributed by atoms with van der Waals surface area (Å²) in [6.07, 6.45) is -2.76. The number of imidazole rings is 2. The number of ether oxygens (including phenoxy) is 5. The highest BCUT2D eigenvalue weighted by atomic mass is 32.5. The molecule has 2 amide bonds. The number of anilines is 2. The summed E-state index contributed by atoms with van der Waals surface area (Å²) < 4.78 is 80.9. The molecule has 0 radical (unpaired) electrons. The number of methoxy groups -OCH3 is 2. The van der Waals surface area contributed by atoms with Crippen molar-refractivity contribution >= 4 is 72.6 Å². The highest BCUT2D eigenvalue weighted by molar-refractivity contribution is 8.07. The molecular formula is C65H69FN11O11PSSi. The Morgan fingerprint density at radius 1 is 0.659 bits per heavy atom. The Morgan fingerprint density at radius 2 is 1.14 bits per heavy atom. The molecule has 22 nitrogen and oxygen atoms in total. The molecule has 26 heteroatoms. The van der Waals surface area contributed by atoms with E-state index in [9.17, 15) is 9.59 Å². The molecule has 2 aliphatic rings. The predicted molar refractivity (Wildman–Crippen MR) is 344 cm³/mol. The Morgan fingerprint density at radius 3 is 1.64 bits per heavy atom. The molecule has 3 unspecified atom stereocenters. The van der Waals surface area contributed by atoms with Gasteiger partial charge < -0.3 is 52.6 Å². The van der Waals surface area contributed by atoms with Crippen LogP contribution in [0.1, 0.15) is 77.6 Å². The van der Waals surface area contributed by atoms with Gasteiger partial charge >= 0.3 is 6.72 Å². The molecule has 472 valence electrons. The molecule has 0 aliphatic carbocycles. The van der Waals surface area contributed by atoms with Crippen LogP contribution in [-0.2, 0) is 49.6 Å².